The molecule has 37 heavy (non-hydrogen) atoms. The molecule has 0 atom stereocenters. The summed E-state index contributed by atoms with van der Waals surface area (Å²) in [6.07, 6.45) is 5.56. The molecule has 2 aromatic heterocycles. The zero-order valence-electron chi connectivity index (χ0n) is 20.7. The summed E-state index contributed by atoms with van der Waals surface area (Å²) < 4.78 is 9.78. The molecule has 192 valence electrons. The van der Waals surface area contributed by atoms with E-state index in [1.165, 1.54) is 29.5 Å². The lowest BCUT2D eigenvalue weighted by molar-refractivity contribution is -0.119. The minimum Gasteiger partial charge on any atom is -0.497 e. The average Bonchev–Trinajstić information content (AvgIpc) is 3.25. The third-order valence-electron chi connectivity index (χ3n) is 6.55. The van der Waals surface area contributed by atoms with Crippen LogP contribution >= 0.6 is 35.3 Å². The Morgan fingerprint density at radius 1 is 1.16 bits per heavy atom. The van der Waals surface area contributed by atoms with E-state index in [9.17, 15) is 9.59 Å². The Morgan fingerprint density at radius 2 is 1.95 bits per heavy atom. The van der Waals surface area contributed by atoms with Crippen LogP contribution in [0.3, 0.4) is 0 Å². The molecule has 1 saturated carbocycles. The number of carbonyl (C=O) groups is 1. The number of rotatable bonds is 7. The lowest BCUT2D eigenvalue weighted by atomic mass is 9.95. The van der Waals surface area contributed by atoms with Crippen LogP contribution in [0.15, 0.2) is 58.5 Å². The molecule has 2 heterocycles. The number of hydrogen-bond donors (Lipinski definition) is 1. The predicted octanol–water partition coefficient (Wildman–Crippen LogP) is 5.83. The predicted molar refractivity (Wildman–Crippen MR) is 152 cm³/mol. The maximum Gasteiger partial charge on any atom is 0.278 e. The second-order valence-corrected chi connectivity index (χ2v) is 11.7. The Hall–Kier alpha value is -2.95. The van der Waals surface area contributed by atoms with E-state index < -0.39 is 0 Å². The van der Waals surface area contributed by atoms with Crippen molar-refractivity contribution in [3.63, 3.8) is 0 Å². The second-order valence-electron chi connectivity index (χ2n) is 9.07. The quantitative estimate of drug-likeness (QED) is 0.177. The number of aryl methyl sites for hydroxylation is 1. The lowest BCUT2D eigenvalue weighted by Gasteiger charge is -2.22. The Kier molecular flexibility index (Phi) is 7.78. The first-order valence-corrected chi connectivity index (χ1v) is 14.5. The van der Waals surface area contributed by atoms with Crippen molar-refractivity contribution in [2.75, 3.05) is 12.9 Å². The number of thiazole rings is 1. The smallest absolute Gasteiger partial charge is 0.278 e. The van der Waals surface area contributed by atoms with Crippen LogP contribution in [0.2, 0.25) is 0 Å². The molecule has 0 unspecified atom stereocenters. The van der Waals surface area contributed by atoms with Crippen LogP contribution in [-0.2, 0) is 4.79 Å². The van der Waals surface area contributed by atoms with Gasteiger partial charge in [0, 0.05) is 12.1 Å². The monoisotopic (exact) mass is 552 g/mol. The van der Waals surface area contributed by atoms with Crippen LogP contribution in [0.5, 0.6) is 5.75 Å². The lowest BCUT2D eigenvalue weighted by Crippen LogP contribution is -2.37. The van der Waals surface area contributed by atoms with Crippen molar-refractivity contribution in [3.05, 3.63) is 68.4 Å². The molecule has 1 fully saturated rings. The molecule has 2 aromatic carbocycles. The largest absolute Gasteiger partial charge is 0.497 e. The number of thioether (sulfide) groups is 1. The van der Waals surface area contributed by atoms with E-state index >= 15 is 0 Å². The normalized spacial score (nSPS) is 14.1. The van der Waals surface area contributed by atoms with Gasteiger partial charge in [0.05, 0.1) is 24.2 Å². The highest BCUT2D eigenvalue weighted by molar-refractivity contribution is 7.99. The molecule has 0 bridgehead atoms. The number of carbonyl (C=O) groups excluding carboxylic acids is 1. The van der Waals surface area contributed by atoms with Gasteiger partial charge in [0.2, 0.25) is 5.91 Å². The maximum absolute atomic E-state index is 13.9. The molecule has 0 saturated heterocycles. The number of benzene rings is 2. The van der Waals surface area contributed by atoms with Gasteiger partial charge in [-0.25, -0.2) is 4.98 Å². The fraction of sp³-hybridized carbons (Fsp3) is 0.333. The molecular weight excluding hydrogens is 525 g/mol. The van der Waals surface area contributed by atoms with E-state index in [1.54, 1.807) is 16.2 Å². The number of ether oxygens (including phenoxy) is 1. The summed E-state index contributed by atoms with van der Waals surface area (Å²) in [7, 11) is 1.61. The zero-order valence-corrected chi connectivity index (χ0v) is 23.2. The summed E-state index contributed by atoms with van der Waals surface area (Å²) in [6.45, 7) is 1.96. The number of amides is 1. The van der Waals surface area contributed by atoms with Crippen molar-refractivity contribution in [1.29, 1.82) is 0 Å². The molecule has 1 aliphatic rings. The SMILES string of the molecule is COc1cccc(-n2c(=S)sc3c(=O)n(-c4ccccc4C)c(SCC(=O)NC4CCCCC4)nc32)c1. The molecule has 0 spiro atoms. The van der Waals surface area contributed by atoms with E-state index in [1.807, 2.05) is 55.5 Å². The van der Waals surface area contributed by atoms with Crippen LogP contribution in [0.1, 0.15) is 37.7 Å². The molecule has 1 amide bonds. The topological polar surface area (TPSA) is 78.1 Å². The summed E-state index contributed by atoms with van der Waals surface area (Å²) in [6, 6.07) is 15.4. The minimum absolute atomic E-state index is 0.0440. The first-order chi connectivity index (χ1) is 18.0. The van der Waals surface area contributed by atoms with Crippen molar-refractivity contribution in [2.45, 2.75) is 50.2 Å². The van der Waals surface area contributed by atoms with Crippen LogP contribution in [0, 0.1) is 10.9 Å². The van der Waals surface area contributed by atoms with E-state index in [0.29, 0.717) is 25.2 Å². The van der Waals surface area contributed by atoms with Crippen molar-refractivity contribution in [3.8, 4) is 17.1 Å². The summed E-state index contributed by atoms with van der Waals surface area (Å²) in [5, 5.41) is 3.61. The Morgan fingerprint density at radius 3 is 2.70 bits per heavy atom. The number of aromatic nitrogens is 3. The third kappa shape index (κ3) is 5.37. The Balaban J connectivity index is 1.60. The fourth-order valence-corrected chi connectivity index (χ4v) is 6.79. The molecule has 4 aromatic rings. The van der Waals surface area contributed by atoms with E-state index in [0.717, 1.165) is 42.6 Å². The number of methoxy groups -OCH3 is 1. The average molecular weight is 553 g/mol. The minimum atomic E-state index is -0.202. The number of para-hydroxylation sites is 1. The van der Waals surface area contributed by atoms with Crippen LogP contribution in [0.4, 0.5) is 0 Å². The number of nitrogens with zero attached hydrogens (tertiary/aromatic N) is 3. The highest BCUT2D eigenvalue weighted by Gasteiger charge is 2.22. The van der Waals surface area contributed by atoms with Crippen molar-refractivity contribution in [2.24, 2.45) is 0 Å². The molecule has 0 radical (unpaired) electrons. The van der Waals surface area contributed by atoms with Gasteiger partial charge in [-0.05, 0) is 55.7 Å². The fourth-order valence-electron chi connectivity index (χ4n) is 4.68. The van der Waals surface area contributed by atoms with Gasteiger partial charge < -0.3 is 10.1 Å². The van der Waals surface area contributed by atoms with Gasteiger partial charge in [-0.3, -0.25) is 18.7 Å². The third-order valence-corrected chi connectivity index (χ3v) is 8.84. The number of nitrogens with one attached hydrogen (secondary N) is 1. The van der Waals surface area contributed by atoms with Gasteiger partial charge >= 0.3 is 0 Å². The second kappa shape index (κ2) is 11.2. The first-order valence-electron chi connectivity index (χ1n) is 12.3. The zero-order chi connectivity index (χ0) is 25.9. The molecule has 10 heteroatoms. The molecular formula is C27H28N4O3S3. The van der Waals surface area contributed by atoms with Gasteiger partial charge in [-0.15, -0.1) is 0 Å². The highest BCUT2D eigenvalue weighted by Crippen LogP contribution is 2.29. The van der Waals surface area contributed by atoms with Crippen LogP contribution in [0.25, 0.3) is 21.7 Å². The van der Waals surface area contributed by atoms with E-state index in [2.05, 4.69) is 5.32 Å². The van der Waals surface area contributed by atoms with Crippen molar-refractivity contribution in [1.82, 2.24) is 19.4 Å². The number of fused-ring (bicyclic) bond motifs is 1. The van der Waals surface area contributed by atoms with Crippen LogP contribution < -0.4 is 15.6 Å². The Bertz CT molecular complexity index is 1570. The molecule has 7 nitrogen and oxygen atoms in total. The standard InChI is InChI=1S/C27H28N4O3S3/c1-17-9-6-7-14-21(17)31-25(33)23-24(30(27(35)37-23)19-12-8-13-20(15-19)34-2)29-26(31)36-16-22(32)28-18-10-4-3-5-11-18/h6-9,12-15,18H,3-5,10-11,16H2,1-2H3,(H,28,32). The number of hydrogen-bond acceptors (Lipinski definition) is 7. The summed E-state index contributed by atoms with van der Waals surface area (Å²) in [5.41, 5.74) is 2.72. The van der Waals surface area contributed by atoms with Gasteiger partial charge in [0.25, 0.3) is 5.56 Å². The Labute approximate surface area is 228 Å². The van der Waals surface area contributed by atoms with Gasteiger partial charge in [0.15, 0.2) is 14.8 Å². The molecule has 1 N–H and O–H groups in total. The van der Waals surface area contributed by atoms with E-state index in [4.69, 9.17) is 21.9 Å². The van der Waals surface area contributed by atoms with E-state index in [-0.39, 0.29) is 23.3 Å². The maximum atomic E-state index is 13.9. The summed E-state index contributed by atoms with van der Waals surface area (Å²) in [5.74, 6) is 0.809. The van der Waals surface area contributed by atoms with Gasteiger partial charge in [-0.2, -0.15) is 0 Å². The van der Waals surface area contributed by atoms with Gasteiger partial charge in [-0.1, -0.05) is 66.6 Å². The summed E-state index contributed by atoms with van der Waals surface area (Å²) >= 11 is 8.19. The van der Waals surface area contributed by atoms with Gasteiger partial charge in [0.1, 0.15) is 10.4 Å². The highest BCUT2D eigenvalue weighted by atomic mass is 32.2. The molecule has 0 aliphatic heterocycles. The van der Waals surface area contributed by atoms with Crippen LogP contribution in [-0.4, -0.2) is 38.9 Å². The summed E-state index contributed by atoms with van der Waals surface area (Å²) in [4.78, 5) is 31.7. The molecule has 5 rings (SSSR count). The van der Waals surface area contributed by atoms with Crippen molar-refractivity contribution < 1.29 is 9.53 Å². The first kappa shape index (κ1) is 25.7. The molecule has 1 aliphatic carbocycles. The van der Waals surface area contributed by atoms with Crippen molar-refractivity contribution >= 4 is 51.6 Å².